The van der Waals surface area contributed by atoms with Crippen LogP contribution in [0.4, 0.5) is 8.78 Å². The predicted octanol–water partition coefficient (Wildman–Crippen LogP) is 4.67. The van der Waals surface area contributed by atoms with Crippen LogP contribution in [0, 0.1) is 11.6 Å². The molecule has 0 fully saturated rings. The molecule has 1 amide bonds. The second-order valence-corrected chi connectivity index (χ2v) is 7.77. The van der Waals surface area contributed by atoms with Gasteiger partial charge in [0.15, 0.2) is 11.6 Å². The number of rotatable bonds is 2. The van der Waals surface area contributed by atoms with Gasteiger partial charge < -0.3 is 4.90 Å². The molecule has 0 spiro atoms. The van der Waals surface area contributed by atoms with E-state index in [1.807, 2.05) is 31.2 Å². The van der Waals surface area contributed by atoms with Gasteiger partial charge in [-0.1, -0.05) is 12.1 Å². The summed E-state index contributed by atoms with van der Waals surface area (Å²) in [7, 11) is 1.72. The normalized spacial score (nSPS) is 15.9. The molecule has 0 N–H and O–H groups in total. The van der Waals surface area contributed by atoms with Crippen LogP contribution < -0.4 is 0 Å². The largest absolute Gasteiger partial charge is 0.330 e. The van der Waals surface area contributed by atoms with E-state index in [1.54, 1.807) is 35.0 Å². The van der Waals surface area contributed by atoms with E-state index in [1.165, 1.54) is 6.07 Å². The molecular weight excluding hydrogens is 398 g/mol. The van der Waals surface area contributed by atoms with Gasteiger partial charge in [-0.25, -0.2) is 8.78 Å². The smallest absolute Gasteiger partial charge is 0.254 e. The lowest BCUT2D eigenvalue weighted by molar-refractivity contribution is 0.0674. The topological polar surface area (TPSA) is 51.0 Å². The third-order valence-electron chi connectivity index (χ3n) is 5.96. The Labute approximate surface area is 177 Å². The quantitative estimate of drug-likeness (QED) is 0.475. The van der Waals surface area contributed by atoms with Gasteiger partial charge in [-0.2, -0.15) is 5.10 Å². The average molecular weight is 418 g/mol. The molecule has 2 aromatic carbocycles. The molecule has 1 aliphatic heterocycles. The lowest BCUT2D eigenvalue weighted by Gasteiger charge is -2.33. The monoisotopic (exact) mass is 418 g/mol. The van der Waals surface area contributed by atoms with Crippen LogP contribution in [0.2, 0.25) is 0 Å². The molecule has 3 heterocycles. The number of nitrogens with zero attached hydrogens (tertiary/aromatic N) is 4. The van der Waals surface area contributed by atoms with E-state index in [0.717, 1.165) is 22.5 Å². The number of aromatic nitrogens is 3. The van der Waals surface area contributed by atoms with E-state index in [-0.39, 0.29) is 17.5 Å². The molecule has 5 nitrogen and oxygen atoms in total. The number of benzene rings is 2. The highest BCUT2D eigenvalue weighted by molar-refractivity contribution is 5.98. The Balaban J connectivity index is 1.51. The molecule has 7 heteroatoms. The summed E-state index contributed by atoms with van der Waals surface area (Å²) in [5.41, 5.74) is 3.73. The Hall–Kier alpha value is -3.61. The molecule has 0 aliphatic carbocycles. The summed E-state index contributed by atoms with van der Waals surface area (Å²) in [5, 5.41) is 5.48. The number of pyridine rings is 1. The molecule has 1 aliphatic rings. The highest BCUT2D eigenvalue weighted by Crippen LogP contribution is 2.37. The van der Waals surface area contributed by atoms with Gasteiger partial charge in [0.2, 0.25) is 0 Å². The zero-order chi connectivity index (χ0) is 21.7. The first-order chi connectivity index (χ1) is 15.0. The second-order valence-electron chi connectivity index (χ2n) is 7.77. The molecule has 2 aromatic heterocycles. The third kappa shape index (κ3) is 3.08. The summed E-state index contributed by atoms with van der Waals surface area (Å²) in [6, 6.07) is 13.1. The van der Waals surface area contributed by atoms with Crippen molar-refractivity contribution >= 4 is 16.8 Å². The van der Waals surface area contributed by atoms with Gasteiger partial charge in [-0.15, -0.1) is 0 Å². The number of hydrogen-bond acceptors (Lipinski definition) is 3. The van der Waals surface area contributed by atoms with E-state index in [0.29, 0.717) is 29.9 Å². The predicted molar refractivity (Wildman–Crippen MR) is 113 cm³/mol. The number of carbonyl (C=O) groups excluding carboxylic acids is 1. The summed E-state index contributed by atoms with van der Waals surface area (Å²) in [4.78, 5) is 19.4. The van der Waals surface area contributed by atoms with E-state index in [9.17, 15) is 13.6 Å². The minimum atomic E-state index is -0.890. The van der Waals surface area contributed by atoms with Crippen molar-refractivity contribution < 1.29 is 13.6 Å². The zero-order valence-electron chi connectivity index (χ0n) is 17.1. The number of aryl methyl sites for hydroxylation is 1. The number of carbonyl (C=O) groups is 1. The van der Waals surface area contributed by atoms with Gasteiger partial charge in [0, 0.05) is 41.9 Å². The fraction of sp³-hybridized carbons (Fsp3) is 0.208. The van der Waals surface area contributed by atoms with Crippen molar-refractivity contribution in [3.05, 3.63) is 83.2 Å². The SMILES string of the molecule is C[C@H]1c2nn(C)c(-c3cccc(F)c3F)c2CCN1C(=O)c1ccc2ncccc2c1. The van der Waals surface area contributed by atoms with Gasteiger partial charge >= 0.3 is 0 Å². The maximum absolute atomic E-state index is 14.5. The van der Waals surface area contributed by atoms with Crippen molar-refractivity contribution in [3.8, 4) is 11.3 Å². The van der Waals surface area contributed by atoms with Crippen molar-refractivity contribution in [2.45, 2.75) is 19.4 Å². The van der Waals surface area contributed by atoms with Gasteiger partial charge in [0.05, 0.1) is 22.9 Å². The van der Waals surface area contributed by atoms with Crippen molar-refractivity contribution in [2.75, 3.05) is 6.54 Å². The maximum Gasteiger partial charge on any atom is 0.254 e. The van der Waals surface area contributed by atoms with E-state index >= 15 is 0 Å². The molecule has 1 atom stereocenters. The molecule has 0 radical (unpaired) electrons. The molecule has 4 aromatic rings. The van der Waals surface area contributed by atoms with E-state index in [4.69, 9.17) is 0 Å². The van der Waals surface area contributed by atoms with Crippen molar-refractivity contribution in [2.24, 2.45) is 7.05 Å². The molecule has 156 valence electrons. The van der Waals surface area contributed by atoms with Crippen LogP contribution in [0.5, 0.6) is 0 Å². The van der Waals surface area contributed by atoms with Crippen LogP contribution in [0.3, 0.4) is 0 Å². The lowest BCUT2D eigenvalue weighted by atomic mass is 9.94. The number of halogens is 2. The van der Waals surface area contributed by atoms with Crippen LogP contribution in [-0.2, 0) is 13.5 Å². The molecule has 0 unspecified atom stereocenters. The number of amides is 1. The minimum absolute atomic E-state index is 0.0898. The fourth-order valence-electron chi connectivity index (χ4n) is 4.42. The standard InChI is InChI=1S/C24H20F2N4O/c1-14-22-18(23(29(2)28-22)17-6-3-7-19(25)21(17)26)10-12-30(14)24(31)16-8-9-20-15(13-16)5-4-11-27-20/h3-9,11,13-14H,10,12H2,1-2H3/t14-/m0/s1. The van der Waals surface area contributed by atoms with Gasteiger partial charge in [-0.05, 0) is 49.7 Å². The highest BCUT2D eigenvalue weighted by Gasteiger charge is 2.34. The molecule has 0 saturated carbocycles. The molecule has 31 heavy (non-hydrogen) atoms. The van der Waals surface area contributed by atoms with Crippen molar-refractivity contribution in [3.63, 3.8) is 0 Å². The Bertz CT molecular complexity index is 1330. The minimum Gasteiger partial charge on any atom is -0.330 e. The van der Waals surface area contributed by atoms with Crippen LogP contribution in [0.1, 0.15) is 34.6 Å². The zero-order valence-corrected chi connectivity index (χ0v) is 17.1. The van der Waals surface area contributed by atoms with Crippen molar-refractivity contribution in [1.82, 2.24) is 19.7 Å². The molecule has 0 saturated heterocycles. The van der Waals surface area contributed by atoms with Crippen molar-refractivity contribution in [1.29, 1.82) is 0 Å². The summed E-state index contributed by atoms with van der Waals surface area (Å²) in [6.07, 6.45) is 2.23. The van der Waals surface area contributed by atoms with Gasteiger partial charge in [0.1, 0.15) is 0 Å². The fourth-order valence-corrected chi connectivity index (χ4v) is 4.42. The summed E-state index contributed by atoms with van der Waals surface area (Å²) in [5.74, 6) is -1.86. The summed E-state index contributed by atoms with van der Waals surface area (Å²) in [6.45, 7) is 2.38. The first-order valence-corrected chi connectivity index (χ1v) is 10.1. The van der Waals surface area contributed by atoms with Gasteiger partial charge in [-0.3, -0.25) is 14.5 Å². The van der Waals surface area contributed by atoms with E-state index in [2.05, 4.69) is 10.1 Å². The summed E-state index contributed by atoms with van der Waals surface area (Å²) < 4.78 is 29.9. The van der Waals surface area contributed by atoms with Crippen LogP contribution >= 0.6 is 0 Å². The first-order valence-electron chi connectivity index (χ1n) is 10.1. The Morgan fingerprint density at radius 1 is 1.13 bits per heavy atom. The number of hydrogen-bond donors (Lipinski definition) is 0. The Morgan fingerprint density at radius 3 is 2.81 bits per heavy atom. The summed E-state index contributed by atoms with van der Waals surface area (Å²) >= 11 is 0. The van der Waals surface area contributed by atoms with E-state index < -0.39 is 11.6 Å². The molecular formula is C24H20F2N4O. The van der Waals surface area contributed by atoms with Crippen LogP contribution in [-0.4, -0.2) is 32.1 Å². The molecule has 5 rings (SSSR count). The lowest BCUT2D eigenvalue weighted by Crippen LogP contribution is -2.38. The Morgan fingerprint density at radius 2 is 1.97 bits per heavy atom. The second kappa shape index (κ2) is 7.27. The number of fused-ring (bicyclic) bond motifs is 2. The first kappa shape index (κ1) is 19.4. The highest BCUT2D eigenvalue weighted by atomic mass is 19.2. The van der Waals surface area contributed by atoms with Gasteiger partial charge in [0.25, 0.3) is 5.91 Å². The molecule has 0 bridgehead atoms. The van der Waals surface area contributed by atoms with Crippen LogP contribution in [0.15, 0.2) is 54.7 Å². The third-order valence-corrected chi connectivity index (χ3v) is 5.96. The average Bonchev–Trinajstić information content (AvgIpc) is 3.12. The Kier molecular flexibility index (Phi) is 4.54. The van der Waals surface area contributed by atoms with Crippen LogP contribution in [0.25, 0.3) is 22.2 Å². The maximum atomic E-state index is 14.5.